The topological polar surface area (TPSA) is 12.0 Å². The molecule has 0 aromatic carbocycles. The maximum absolute atomic E-state index is 3.25. The minimum Gasteiger partial charge on any atom is -0.308 e. The van der Waals surface area contributed by atoms with E-state index in [0.717, 1.165) is 12.4 Å². The van der Waals surface area contributed by atoms with E-state index in [-0.39, 0.29) is 0 Å². The molecule has 0 aliphatic carbocycles. The second kappa shape index (κ2) is 6.31. The monoisotopic (exact) mass is 119 g/mol. The molecule has 0 radical (unpaired) electrons. The summed E-state index contributed by atoms with van der Waals surface area (Å²) in [4.78, 5) is 0. The van der Waals surface area contributed by atoms with Crippen molar-refractivity contribution in [3.8, 4) is 0 Å². The van der Waals surface area contributed by atoms with Crippen molar-refractivity contribution in [2.24, 2.45) is 0 Å². The minimum atomic E-state index is 1.09. The molecule has 0 bridgehead atoms. The van der Waals surface area contributed by atoms with Crippen LogP contribution in [0.15, 0.2) is 0 Å². The molecule has 1 nitrogen and oxygen atoms in total. The number of hydrogen-bond acceptors (Lipinski definition) is 2. The molecule has 0 amide bonds. The van der Waals surface area contributed by atoms with Gasteiger partial charge in [-0.05, 0) is 19.2 Å². The minimum absolute atomic E-state index is 1.09. The lowest BCUT2D eigenvalue weighted by molar-refractivity contribution is 0.757. The molecular weight excluding hydrogens is 106 g/mol. The van der Waals surface area contributed by atoms with E-state index in [0.29, 0.717) is 0 Å². The van der Waals surface area contributed by atoms with Crippen LogP contribution in [0.25, 0.3) is 0 Å². The van der Waals surface area contributed by atoms with E-state index in [2.05, 4.69) is 18.5 Å². The average molecular weight is 119 g/mol. The van der Waals surface area contributed by atoms with E-state index in [9.17, 15) is 0 Å². The van der Waals surface area contributed by atoms with Crippen molar-refractivity contribution in [3.63, 3.8) is 0 Å². The van der Waals surface area contributed by atoms with Crippen molar-refractivity contribution in [1.29, 1.82) is 0 Å². The first-order valence-corrected chi connectivity index (χ1v) is 4.00. The van der Waals surface area contributed by atoms with Crippen molar-refractivity contribution in [2.45, 2.75) is 13.3 Å². The van der Waals surface area contributed by atoms with E-state index in [4.69, 9.17) is 0 Å². The molecule has 7 heavy (non-hydrogen) atoms. The van der Waals surface area contributed by atoms with Gasteiger partial charge in [-0.25, -0.2) is 0 Å². The molecule has 1 N–H and O–H groups in total. The molecule has 44 valence electrons. The lowest BCUT2D eigenvalue weighted by atomic mass is 10.5. The lowest BCUT2D eigenvalue weighted by Gasteiger charge is -1.95. The Morgan fingerprint density at radius 2 is 2.29 bits per heavy atom. The van der Waals surface area contributed by atoms with Crippen LogP contribution in [-0.2, 0) is 0 Å². The average Bonchev–Trinajstić information content (AvgIpc) is 1.69. The summed E-state index contributed by atoms with van der Waals surface area (Å²) < 4.78 is 0. The van der Waals surface area contributed by atoms with Gasteiger partial charge in [0.1, 0.15) is 0 Å². The molecule has 0 aromatic heterocycles. The van der Waals surface area contributed by atoms with Crippen LogP contribution in [0.3, 0.4) is 0 Å². The highest BCUT2D eigenvalue weighted by Crippen LogP contribution is 1.84. The van der Waals surface area contributed by atoms with E-state index < -0.39 is 0 Å². The van der Waals surface area contributed by atoms with E-state index in [1.54, 1.807) is 0 Å². The zero-order valence-corrected chi connectivity index (χ0v) is 5.85. The molecule has 2 heteroatoms. The summed E-state index contributed by atoms with van der Waals surface area (Å²) in [6.07, 6.45) is 3.34. The SMILES string of the molecule is CCCNCSC. The van der Waals surface area contributed by atoms with Gasteiger partial charge in [0.15, 0.2) is 0 Å². The predicted octanol–water partition coefficient (Wildman–Crippen LogP) is 1.31. The molecule has 0 rings (SSSR count). The van der Waals surface area contributed by atoms with Gasteiger partial charge in [0.2, 0.25) is 0 Å². The molecule has 0 aliphatic heterocycles. The van der Waals surface area contributed by atoms with Gasteiger partial charge in [0.25, 0.3) is 0 Å². The van der Waals surface area contributed by atoms with Gasteiger partial charge in [-0.1, -0.05) is 6.92 Å². The first kappa shape index (κ1) is 7.31. The molecule has 0 fully saturated rings. The van der Waals surface area contributed by atoms with Gasteiger partial charge >= 0.3 is 0 Å². The lowest BCUT2D eigenvalue weighted by Crippen LogP contribution is -2.12. The highest BCUT2D eigenvalue weighted by Gasteiger charge is 1.76. The smallest absolute Gasteiger partial charge is 0.0415 e. The first-order valence-electron chi connectivity index (χ1n) is 2.61. The number of thioether (sulfide) groups is 1. The molecule has 0 spiro atoms. The van der Waals surface area contributed by atoms with Gasteiger partial charge in [0.05, 0.1) is 0 Å². The van der Waals surface area contributed by atoms with Gasteiger partial charge in [-0.2, -0.15) is 0 Å². The van der Waals surface area contributed by atoms with Crippen molar-refractivity contribution in [2.75, 3.05) is 18.7 Å². The Hall–Kier alpha value is 0.310. The maximum atomic E-state index is 3.25. The van der Waals surface area contributed by atoms with Crippen LogP contribution in [0.2, 0.25) is 0 Å². The van der Waals surface area contributed by atoms with Gasteiger partial charge < -0.3 is 5.32 Å². The zero-order valence-electron chi connectivity index (χ0n) is 5.03. The van der Waals surface area contributed by atoms with Crippen molar-refractivity contribution >= 4 is 11.8 Å². The molecule has 0 atom stereocenters. The van der Waals surface area contributed by atoms with Crippen LogP contribution < -0.4 is 5.32 Å². The fourth-order valence-corrected chi connectivity index (χ4v) is 0.699. The van der Waals surface area contributed by atoms with E-state index in [1.165, 1.54) is 6.42 Å². The fourth-order valence-electron chi connectivity index (χ4n) is 0.351. The Morgan fingerprint density at radius 1 is 1.57 bits per heavy atom. The second-order valence-corrected chi connectivity index (χ2v) is 2.30. The van der Waals surface area contributed by atoms with E-state index in [1.807, 2.05) is 11.8 Å². The van der Waals surface area contributed by atoms with Gasteiger partial charge in [-0.15, -0.1) is 11.8 Å². The predicted molar refractivity (Wildman–Crippen MR) is 36.7 cm³/mol. The van der Waals surface area contributed by atoms with Crippen LogP contribution in [0.5, 0.6) is 0 Å². The van der Waals surface area contributed by atoms with E-state index >= 15 is 0 Å². The summed E-state index contributed by atoms with van der Waals surface area (Å²) >= 11 is 1.83. The zero-order chi connectivity index (χ0) is 5.54. The Balaban J connectivity index is 2.45. The molecule has 0 saturated carbocycles. The normalized spacial score (nSPS) is 9.43. The van der Waals surface area contributed by atoms with Crippen molar-refractivity contribution in [3.05, 3.63) is 0 Å². The van der Waals surface area contributed by atoms with Crippen LogP contribution in [0, 0.1) is 0 Å². The quantitative estimate of drug-likeness (QED) is 0.442. The third-order valence-electron chi connectivity index (χ3n) is 0.673. The number of nitrogens with one attached hydrogen (secondary N) is 1. The van der Waals surface area contributed by atoms with Crippen molar-refractivity contribution in [1.82, 2.24) is 5.32 Å². The molecular formula is C5H13NS. The molecule has 0 saturated heterocycles. The molecule has 0 aliphatic rings. The summed E-state index contributed by atoms with van der Waals surface area (Å²) in [7, 11) is 0. The maximum Gasteiger partial charge on any atom is 0.0415 e. The highest BCUT2D eigenvalue weighted by atomic mass is 32.2. The fraction of sp³-hybridized carbons (Fsp3) is 1.00. The summed E-state index contributed by atoms with van der Waals surface area (Å²) in [5, 5.41) is 3.25. The van der Waals surface area contributed by atoms with Crippen LogP contribution >= 0.6 is 11.8 Å². The van der Waals surface area contributed by atoms with Crippen LogP contribution in [0.4, 0.5) is 0 Å². The Kier molecular flexibility index (Phi) is 6.59. The third-order valence-corrected chi connectivity index (χ3v) is 1.17. The highest BCUT2D eigenvalue weighted by molar-refractivity contribution is 7.98. The Bertz CT molecular complexity index is 27.3. The summed E-state index contributed by atoms with van der Waals surface area (Å²) in [5.74, 6) is 1.09. The van der Waals surface area contributed by atoms with Gasteiger partial charge in [0, 0.05) is 5.88 Å². The second-order valence-electron chi connectivity index (χ2n) is 1.43. The molecule has 0 heterocycles. The van der Waals surface area contributed by atoms with Gasteiger partial charge in [-0.3, -0.25) is 0 Å². The number of hydrogen-bond donors (Lipinski definition) is 1. The van der Waals surface area contributed by atoms with Crippen LogP contribution in [0.1, 0.15) is 13.3 Å². The molecule has 0 aromatic rings. The van der Waals surface area contributed by atoms with Crippen LogP contribution in [-0.4, -0.2) is 18.7 Å². The third kappa shape index (κ3) is 6.31. The summed E-state index contributed by atoms with van der Waals surface area (Å²) in [6, 6.07) is 0. The summed E-state index contributed by atoms with van der Waals surface area (Å²) in [6.45, 7) is 3.33. The Morgan fingerprint density at radius 3 is 2.71 bits per heavy atom. The summed E-state index contributed by atoms with van der Waals surface area (Å²) in [5.41, 5.74) is 0. The number of rotatable bonds is 4. The first-order chi connectivity index (χ1) is 3.41. The largest absolute Gasteiger partial charge is 0.308 e. The standard InChI is InChI=1S/C5H13NS/c1-3-4-6-5-7-2/h6H,3-5H2,1-2H3. The Labute approximate surface area is 49.9 Å². The van der Waals surface area contributed by atoms with Crippen molar-refractivity contribution < 1.29 is 0 Å². The molecule has 0 unspecified atom stereocenters.